The molecule has 0 bridgehead atoms. The monoisotopic (exact) mass is 612 g/mol. The van der Waals surface area contributed by atoms with Crippen LogP contribution in [0.2, 0.25) is 0 Å². The van der Waals surface area contributed by atoms with Gasteiger partial charge in [0.25, 0.3) is 5.91 Å². The van der Waals surface area contributed by atoms with E-state index < -0.39 is 69.1 Å². The number of hydrogen-bond acceptors (Lipinski definition) is 7. The fraction of sp³-hybridized carbons (Fsp3) is 0.821. The van der Waals surface area contributed by atoms with Gasteiger partial charge in [-0.2, -0.15) is 0 Å². The Labute approximate surface area is 249 Å². The summed E-state index contributed by atoms with van der Waals surface area (Å²) in [6, 6.07) is -2.46. The van der Waals surface area contributed by atoms with E-state index in [1.807, 2.05) is 0 Å². The number of sulfonamides is 1. The highest BCUT2D eigenvalue weighted by Crippen LogP contribution is 2.31. The van der Waals surface area contributed by atoms with E-state index in [1.54, 1.807) is 27.7 Å². The molecule has 2 atom stereocenters. The number of urea groups is 1. The number of ketones is 1. The lowest BCUT2D eigenvalue weighted by atomic mass is 9.83. The zero-order valence-electron chi connectivity index (χ0n) is 25.6. The van der Waals surface area contributed by atoms with Crippen LogP contribution in [0.5, 0.6) is 0 Å². The number of hydrogen-bond donors (Lipinski definition) is 4. The maximum atomic E-state index is 13.8. The zero-order valence-corrected chi connectivity index (χ0v) is 26.4. The summed E-state index contributed by atoms with van der Waals surface area (Å²) in [5.74, 6) is -2.68. The van der Waals surface area contributed by atoms with Crippen molar-refractivity contribution in [3.63, 3.8) is 0 Å². The number of likely N-dealkylation sites (tertiary alicyclic amines) is 1. The Kier molecular flexibility index (Phi) is 11.0. The summed E-state index contributed by atoms with van der Waals surface area (Å²) < 4.78 is 27.2. The molecule has 2 aliphatic carbocycles. The average molecular weight is 613 g/mol. The second-order valence-electron chi connectivity index (χ2n) is 13.0. The number of rotatable bonds is 12. The van der Waals surface area contributed by atoms with Crippen LogP contribution in [0.25, 0.3) is 0 Å². The van der Waals surface area contributed by atoms with Crippen LogP contribution in [-0.2, 0) is 29.2 Å². The first-order chi connectivity index (χ1) is 19.6. The van der Waals surface area contributed by atoms with Gasteiger partial charge >= 0.3 is 6.03 Å². The molecule has 1 heterocycles. The minimum atomic E-state index is -3.62. The Morgan fingerprint density at radius 2 is 1.64 bits per heavy atom. The molecule has 0 spiro atoms. The molecule has 0 aromatic heterocycles. The topological polar surface area (TPSA) is 174 Å². The summed E-state index contributed by atoms with van der Waals surface area (Å²) in [6.07, 6.45) is 6.15. The van der Waals surface area contributed by atoms with Crippen molar-refractivity contribution in [2.75, 3.05) is 32.4 Å². The van der Waals surface area contributed by atoms with Gasteiger partial charge in [0.2, 0.25) is 27.6 Å². The zero-order chi connectivity index (χ0) is 31.3. The summed E-state index contributed by atoms with van der Waals surface area (Å²) in [7, 11) is -2.10. The minimum absolute atomic E-state index is 0.0224. The van der Waals surface area contributed by atoms with Crippen LogP contribution in [-0.4, -0.2) is 103 Å². The highest BCUT2D eigenvalue weighted by molar-refractivity contribution is 7.89. The third-order valence-electron chi connectivity index (χ3n) is 8.38. The summed E-state index contributed by atoms with van der Waals surface area (Å²) in [6.45, 7) is 7.31. The van der Waals surface area contributed by atoms with Gasteiger partial charge in [-0.25, -0.2) is 17.5 Å². The fourth-order valence-corrected chi connectivity index (χ4v) is 7.25. The third-order valence-corrected chi connectivity index (χ3v) is 10.5. The number of nitrogens with zero attached hydrogens (tertiary/aromatic N) is 2. The third kappa shape index (κ3) is 8.88. The molecule has 5 amide bonds. The molecule has 238 valence electrons. The highest BCUT2D eigenvalue weighted by atomic mass is 32.2. The van der Waals surface area contributed by atoms with Gasteiger partial charge in [-0.1, -0.05) is 47.0 Å². The lowest BCUT2D eigenvalue weighted by molar-refractivity contribution is -0.142. The van der Waals surface area contributed by atoms with E-state index in [-0.39, 0.29) is 11.8 Å². The molecule has 14 heteroatoms. The molecule has 3 aliphatic rings. The number of Topliss-reactive ketones (excluding diaryl/α,β-unsaturated/α-hetero) is 1. The first kappa shape index (κ1) is 33.8. The van der Waals surface area contributed by atoms with Crippen LogP contribution in [0.3, 0.4) is 0 Å². The molecule has 0 unspecified atom stereocenters. The predicted octanol–water partition coefficient (Wildman–Crippen LogP) is 0.640. The van der Waals surface area contributed by atoms with Gasteiger partial charge in [-0.3, -0.25) is 19.2 Å². The van der Waals surface area contributed by atoms with E-state index in [4.69, 9.17) is 0 Å². The largest absolute Gasteiger partial charge is 0.347 e. The van der Waals surface area contributed by atoms with Gasteiger partial charge in [0, 0.05) is 26.2 Å². The van der Waals surface area contributed by atoms with E-state index >= 15 is 0 Å². The van der Waals surface area contributed by atoms with E-state index in [1.165, 1.54) is 16.3 Å². The van der Waals surface area contributed by atoms with Crippen molar-refractivity contribution in [3.05, 3.63) is 0 Å². The number of carbonyl (C=O) groups excluding carboxylic acids is 5. The van der Waals surface area contributed by atoms with Gasteiger partial charge in [-0.05, 0) is 43.9 Å². The van der Waals surface area contributed by atoms with Crippen molar-refractivity contribution in [2.24, 2.45) is 5.41 Å². The Hall–Kier alpha value is -2.74. The Morgan fingerprint density at radius 3 is 2.21 bits per heavy atom. The Morgan fingerprint density at radius 1 is 1.00 bits per heavy atom. The lowest BCUT2D eigenvalue weighted by Gasteiger charge is -2.40. The molecule has 0 radical (unpaired) electrons. The van der Waals surface area contributed by atoms with Crippen LogP contribution >= 0.6 is 0 Å². The molecule has 42 heavy (non-hydrogen) atoms. The van der Waals surface area contributed by atoms with Crippen LogP contribution in [0.15, 0.2) is 0 Å². The summed E-state index contributed by atoms with van der Waals surface area (Å²) in [5, 5.41) is 10.8. The number of amides is 5. The first-order valence-electron chi connectivity index (χ1n) is 15.0. The number of carbonyl (C=O) groups is 5. The van der Waals surface area contributed by atoms with E-state index in [2.05, 4.69) is 21.3 Å². The molecule has 4 N–H and O–H groups in total. The van der Waals surface area contributed by atoms with Gasteiger partial charge in [-0.15, -0.1) is 0 Å². The number of nitrogens with one attached hydrogen (secondary N) is 4. The Bertz CT molecular complexity index is 1140. The van der Waals surface area contributed by atoms with Crippen molar-refractivity contribution < 1.29 is 32.4 Å². The Balaban J connectivity index is 1.68. The average Bonchev–Trinajstić information content (AvgIpc) is 3.59. The van der Waals surface area contributed by atoms with Crippen LogP contribution in [0.4, 0.5) is 4.79 Å². The molecule has 3 rings (SSSR count). The van der Waals surface area contributed by atoms with Gasteiger partial charge in [0.1, 0.15) is 12.1 Å². The first-order valence-corrected chi connectivity index (χ1v) is 16.6. The molecule has 2 saturated carbocycles. The maximum Gasteiger partial charge on any atom is 0.315 e. The maximum absolute atomic E-state index is 13.8. The van der Waals surface area contributed by atoms with Crippen molar-refractivity contribution in [3.8, 4) is 0 Å². The molecular weight excluding hydrogens is 564 g/mol. The quantitative estimate of drug-likeness (QED) is 0.234. The molecular formula is C28H48N6O7S. The summed E-state index contributed by atoms with van der Waals surface area (Å²) in [4.78, 5) is 65.7. The minimum Gasteiger partial charge on any atom is -0.347 e. The predicted molar refractivity (Wildman–Crippen MR) is 157 cm³/mol. The smallest absolute Gasteiger partial charge is 0.315 e. The van der Waals surface area contributed by atoms with Crippen LogP contribution in [0, 0.1) is 5.41 Å². The normalized spacial score (nSPS) is 21.4. The van der Waals surface area contributed by atoms with Crippen LogP contribution in [0.1, 0.15) is 85.5 Å². The molecule has 0 aromatic rings. The van der Waals surface area contributed by atoms with Gasteiger partial charge in [0.05, 0.1) is 17.8 Å². The van der Waals surface area contributed by atoms with E-state index in [9.17, 15) is 32.4 Å². The molecule has 0 aromatic carbocycles. The van der Waals surface area contributed by atoms with Crippen molar-refractivity contribution in [1.29, 1.82) is 0 Å². The fourth-order valence-electron chi connectivity index (χ4n) is 5.57. The van der Waals surface area contributed by atoms with Gasteiger partial charge in [0.15, 0.2) is 0 Å². The van der Waals surface area contributed by atoms with Gasteiger partial charge < -0.3 is 26.2 Å². The highest BCUT2D eigenvalue weighted by Gasteiger charge is 2.44. The van der Waals surface area contributed by atoms with Crippen molar-refractivity contribution in [1.82, 2.24) is 30.5 Å². The van der Waals surface area contributed by atoms with Crippen LogP contribution < -0.4 is 21.3 Å². The molecule has 13 nitrogen and oxygen atoms in total. The second kappa shape index (κ2) is 13.7. The molecule has 1 saturated heterocycles. The molecule has 1 aliphatic heterocycles. The van der Waals surface area contributed by atoms with E-state index in [0.29, 0.717) is 38.8 Å². The second-order valence-corrected chi connectivity index (χ2v) is 15.1. The SMILES string of the molecule is CCN(C)S(=O)(=O)CC1(NC(=O)N[C@H](C(=O)N2CCC[C@H]2C(=O)NCC(=O)C(=O)NC2CC2)C(C)(C)C)CCCCC1. The van der Waals surface area contributed by atoms with Crippen molar-refractivity contribution >= 4 is 39.6 Å². The summed E-state index contributed by atoms with van der Waals surface area (Å²) in [5.41, 5.74) is -1.69. The van der Waals surface area contributed by atoms with E-state index in [0.717, 1.165) is 32.1 Å². The standard InChI is InChI=1S/C28H48N6O7S/c1-6-33(5)42(40,41)18-28(14-8-7-9-15-28)32-26(39)31-22(27(2,3)4)25(38)34-16-10-11-20(34)23(36)29-17-21(35)24(37)30-19-12-13-19/h19-20,22H,6-18H2,1-5H3,(H,29,36)(H,30,37)(H2,31,32,39)/t20-,22+/m0/s1. The summed E-state index contributed by atoms with van der Waals surface area (Å²) >= 11 is 0. The molecule has 3 fully saturated rings. The van der Waals surface area contributed by atoms with Crippen molar-refractivity contribution in [2.45, 2.75) is 109 Å². The lowest BCUT2D eigenvalue weighted by Crippen LogP contribution is -2.63.